The van der Waals surface area contributed by atoms with E-state index in [1.165, 1.54) is 0 Å². The first-order valence-electron chi connectivity index (χ1n) is 8.88. The van der Waals surface area contributed by atoms with Crippen molar-refractivity contribution in [2.75, 3.05) is 46.3 Å². The van der Waals surface area contributed by atoms with Crippen molar-refractivity contribution < 1.29 is 8.42 Å². The number of benzene rings is 1. The van der Waals surface area contributed by atoms with Crippen LogP contribution in [0.3, 0.4) is 0 Å². The van der Waals surface area contributed by atoms with Crippen molar-refractivity contribution in [3.63, 3.8) is 0 Å². The summed E-state index contributed by atoms with van der Waals surface area (Å²) in [5.41, 5.74) is 1.94. The third-order valence-corrected chi connectivity index (χ3v) is 7.48. The van der Waals surface area contributed by atoms with Crippen LogP contribution in [0.2, 0.25) is 0 Å². The van der Waals surface area contributed by atoms with E-state index in [9.17, 15) is 8.42 Å². The molecule has 0 amide bonds. The molecule has 0 N–H and O–H groups in total. The van der Waals surface area contributed by atoms with Crippen molar-refractivity contribution in [1.29, 1.82) is 0 Å². The van der Waals surface area contributed by atoms with E-state index in [0.29, 0.717) is 24.0 Å². The minimum atomic E-state index is -3.37. The molecule has 0 radical (unpaired) electrons. The summed E-state index contributed by atoms with van der Waals surface area (Å²) in [6.07, 6.45) is 1.88. The number of nitrogens with zero attached hydrogens (tertiary/aromatic N) is 3. The zero-order valence-corrected chi connectivity index (χ0v) is 15.8. The maximum Gasteiger partial charge on any atom is 0.243 e. The number of hydrogen-bond donors (Lipinski definition) is 0. The molecule has 24 heavy (non-hydrogen) atoms. The van der Waals surface area contributed by atoms with Crippen molar-refractivity contribution >= 4 is 10.0 Å². The van der Waals surface area contributed by atoms with Crippen LogP contribution in [0.5, 0.6) is 0 Å². The fourth-order valence-electron chi connectivity index (χ4n) is 3.86. The van der Waals surface area contributed by atoms with Crippen molar-refractivity contribution in [1.82, 2.24) is 14.1 Å². The zero-order chi connectivity index (χ0) is 17.3. The molecule has 2 aliphatic rings. The molecule has 2 fully saturated rings. The van der Waals surface area contributed by atoms with Crippen LogP contribution in [0.1, 0.15) is 24.0 Å². The minimum absolute atomic E-state index is 0.464. The van der Waals surface area contributed by atoms with E-state index >= 15 is 0 Å². The molecular formula is C18H29N3O2S. The molecule has 1 aromatic carbocycles. The molecular weight excluding hydrogens is 322 g/mol. The molecule has 3 rings (SSSR count). The average Bonchev–Trinajstić information content (AvgIpc) is 2.55. The largest absolute Gasteiger partial charge is 0.304 e. The lowest BCUT2D eigenvalue weighted by molar-refractivity contribution is 0.0836. The summed E-state index contributed by atoms with van der Waals surface area (Å²) in [5, 5.41) is 0. The summed E-state index contributed by atoms with van der Waals surface area (Å²) in [6, 6.07) is 6.12. The Balaban J connectivity index is 1.65. The van der Waals surface area contributed by atoms with Gasteiger partial charge in [-0.25, -0.2) is 8.42 Å². The van der Waals surface area contributed by atoms with Gasteiger partial charge in [-0.2, -0.15) is 4.31 Å². The van der Waals surface area contributed by atoms with Crippen molar-refractivity contribution in [2.45, 2.75) is 37.6 Å². The molecule has 0 atom stereocenters. The van der Waals surface area contributed by atoms with Gasteiger partial charge in [0.1, 0.15) is 0 Å². The molecule has 0 aromatic heterocycles. The van der Waals surface area contributed by atoms with Crippen LogP contribution in [0.4, 0.5) is 0 Å². The molecule has 2 aliphatic heterocycles. The summed E-state index contributed by atoms with van der Waals surface area (Å²) in [4.78, 5) is 5.36. The van der Waals surface area contributed by atoms with Crippen LogP contribution in [0, 0.1) is 13.8 Å². The normalized spacial score (nSPS) is 22.8. The second-order valence-corrected chi connectivity index (χ2v) is 9.15. The number of aryl methyl sites for hydroxylation is 2. The molecule has 2 saturated heterocycles. The Hall–Kier alpha value is -0.950. The standard InChI is InChI=1S/C18H29N3O2S/c1-15-4-5-18(16(2)14-15)24(22,23)21-8-6-17(7-9-21)20-12-10-19(3)11-13-20/h4-5,14,17H,6-13H2,1-3H3. The van der Waals surface area contributed by atoms with E-state index in [1.807, 2.05) is 26.0 Å². The van der Waals surface area contributed by atoms with E-state index in [2.05, 4.69) is 16.8 Å². The molecule has 0 spiro atoms. The maximum atomic E-state index is 13.0. The first-order valence-corrected chi connectivity index (χ1v) is 10.3. The van der Waals surface area contributed by atoms with Gasteiger partial charge in [0.15, 0.2) is 0 Å². The molecule has 2 heterocycles. The van der Waals surface area contributed by atoms with E-state index < -0.39 is 10.0 Å². The van der Waals surface area contributed by atoms with E-state index in [4.69, 9.17) is 0 Å². The Morgan fingerprint density at radius 3 is 2.17 bits per heavy atom. The topological polar surface area (TPSA) is 43.9 Å². The van der Waals surface area contributed by atoms with Crippen molar-refractivity contribution in [3.8, 4) is 0 Å². The molecule has 0 bridgehead atoms. The van der Waals surface area contributed by atoms with Gasteiger partial charge in [0.2, 0.25) is 10.0 Å². The highest BCUT2D eigenvalue weighted by molar-refractivity contribution is 7.89. The summed E-state index contributed by atoms with van der Waals surface area (Å²) in [7, 11) is -1.20. The lowest BCUT2D eigenvalue weighted by Gasteiger charge is -2.41. The van der Waals surface area contributed by atoms with E-state index in [1.54, 1.807) is 10.4 Å². The zero-order valence-electron chi connectivity index (χ0n) is 15.0. The highest BCUT2D eigenvalue weighted by Gasteiger charge is 2.33. The van der Waals surface area contributed by atoms with Crippen LogP contribution in [-0.4, -0.2) is 74.9 Å². The van der Waals surface area contributed by atoms with Crippen LogP contribution >= 0.6 is 0 Å². The predicted octanol–water partition coefficient (Wildman–Crippen LogP) is 1.70. The monoisotopic (exact) mass is 351 g/mol. The highest BCUT2D eigenvalue weighted by Crippen LogP contribution is 2.26. The van der Waals surface area contributed by atoms with E-state index in [0.717, 1.165) is 50.1 Å². The number of hydrogen-bond acceptors (Lipinski definition) is 4. The number of likely N-dealkylation sites (N-methyl/N-ethyl adjacent to an activating group) is 1. The van der Waals surface area contributed by atoms with Gasteiger partial charge >= 0.3 is 0 Å². The Labute approximate surface area is 146 Å². The highest BCUT2D eigenvalue weighted by atomic mass is 32.2. The summed E-state index contributed by atoms with van der Waals surface area (Å²) < 4.78 is 27.6. The molecule has 5 nitrogen and oxygen atoms in total. The maximum absolute atomic E-state index is 13.0. The quantitative estimate of drug-likeness (QED) is 0.831. The minimum Gasteiger partial charge on any atom is -0.304 e. The van der Waals surface area contributed by atoms with Gasteiger partial charge < -0.3 is 4.90 Å². The Bertz CT molecular complexity index is 674. The number of sulfonamides is 1. The summed E-state index contributed by atoms with van der Waals surface area (Å²) >= 11 is 0. The lowest BCUT2D eigenvalue weighted by atomic mass is 10.0. The van der Waals surface area contributed by atoms with Crippen LogP contribution in [0.15, 0.2) is 23.1 Å². The molecule has 0 unspecified atom stereocenters. The molecule has 0 aliphatic carbocycles. The SMILES string of the molecule is Cc1ccc(S(=O)(=O)N2CCC(N3CCN(C)CC3)CC2)c(C)c1. The lowest BCUT2D eigenvalue weighted by Crippen LogP contribution is -2.52. The first kappa shape index (κ1) is 17.9. The van der Waals surface area contributed by atoms with Crippen molar-refractivity contribution in [2.24, 2.45) is 0 Å². The second kappa shape index (κ2) is 7.12. The van der Waals surface area contributed by atoms with Crippen LogP contribution < -0.4 is 0 Å². The third-order valence-electron chi connectivity index (χ3n) is 5.43. The smallest absolute Gasteiger partial charge is 0.243 e. The predicted molar refractivity (Wildman–Crippen MR) is 96.8 cm³/mol. The Morgan fingerprint density at radius 2 is 1.58 bits per heavy atom. The van der Waals surface area contributed by atoms with Gasteiger partial charge in [-0.1, -0.05) is 17.7 Å². The molecule has 134 valence electrons. The van der Waals surface area contributed by atoms with E-state index in [-0.39, 0.29) is 0 Å². The summed E-state index contributed by atoms with van der Waals surface area (Å²) in [5.74, 6) is 0. The molecule has 1 aromatic rings. The number of piperazine rings is 1. The fourth-order valence-corrected chi connectivity index (χ4v) is 5.54. The van der Waals surface area contributed by atoms with Crippen molar-refractivity contribution in [3.05, 3.63) is 29.3 Å². The van der Waals surface area contributed by atoms with Gasteiger partial charge in [0.05, 0.1) is 4.90 Å². The Morgan fingerprint density at radius 1 is 0.958 bits per heavy atom. The third kappa shape index (κ3) is 3.67. The van der Waals surface area contributed by atoms with Crippen LogP contribution in [0.25, 0.3) is 0 Å². The molecule has 0 saturated carbocycles. The number of rotatable bonds is 3. The van der Waals surface area contributed by atoms with Gasteiger partial charge in [-0.05, 0) is 45.4 Å². The molecule has 6 heteroatoms. The average molecular weight is 352 g/mol. The number of piperidine rings is 1. The van der Waals surface area contributed by atoms with Gasteiger partial charge in [0, 0.05) is 45.3 Å². The van der Waals surface area contributed by atoms with Crippen LogP contribution in [-0.2, 0) is 10.0 Å². The fraction of sp³-hybridized carbons (Fsp3) is 0.667. The Kier molecular flexibility index (Phi) is 5.30. The van der Waals surface area contributed by atoms with Gasteiger partial charge in [-0.15, -0.1) is 0 Å². The second-order valence-electron chi connectivity index (χ2n) is 7.24. The van der Waals surface area contributed by atoms with Gasteiger partial charge in [-0.3, -0.25) is 4.90 Å². The first-order chi connectivity index (χ1) is 11.4. The summed E-state index contributed by atoms with van der Waals surface area (Å²) in [6.45, 7) is 9.57. The van der Waals surface area contributed by atoms with Gasteiger partial charge in [0.25, 0.3) is 0 Å².